The molecule has 90 valence electrons. The van der Waals surface area contributed by atoms with Crippen LogP contribution in [0.5, 0.6) is 0 Å². The van der Waals surface area contributed by atoms with Crippen molar-refractivity contribution < 1.29 is 4.79 Å². The number of aromatic nitrogens is 1. The molecular weight excluding hydrogens is 238 g/mol. The van der Waals surface area contributed by atoms with Crippen molar-refractivity contribution in [3.05, 3.63) is 35.0 Å². The summed E-state index contributed by atoms with van der Waals surface area (Å²) >= 11 is 6.05. The van der Waals surface area contributed by atoms with Gasteiger partial charge >= 0.3 is 0 Å². The van der Waals surface area contributed by atoms with E-state index in [0.29, 0.717) is 11.4 Å². The number of nitrogens with two attached hydrogens (primary N) is 1. The minimum absolute atomic E-state index is 0.165. The van der Waals surface area contributed by atoms with Crippen LogP contribution in [0.15, 0.2) is 24.4 Å². The largest absolute Gasteiger partial charge is 0.360 e. The second-order valence-corrected chi connectivity index (χ2v) is 4.31. The number of hydrogen-bond acceptors (Lipinski definition) is 2. The van der Waals surface area contributed by atoms with E-state index in [0.717, 1.165) is 16.5 Å². The van der Waals surface area contributed by atoms with Gasteiger partial charge in [-0.15, -0.1) is 0 Å². The molecule has 1 aromatic heterocycles. The van der Waals surface area contributed by atoms with E-state index in [2.05, 4.69) is 10.3 Å². The number of benzene rings is 1. The van der Waals surface area contributed by atoms with Crippen molar-refractivity contribution in [1.29, 1.82) is 0 Å². The zero-order chi connectivity index (χ0) is 12.4. The first-order valence-corrected chi connectivity index (χ1v) is 5.73. The lowest BCUT2D eigenvalue weighted by Crippen LogP contribution is -2.40. The maximum Gasteiger partial charge on any atom is 0.237 e. The van der Waals surface area contributed by atoms with Gasteiger partial charge in [-0.2, -0.15) is 0 Å². The highest BCUT2D eigenvalue weighted by Crippen LogP contribution is 2.25. The Bertz CT molecular complexity index is 550. The van der Waals surface area contributed by atoms with Crippen LogP contribution >= 0.6 is 11.6 Å². The highest BCUT2D eigenvalue weighted by molar-refractivity contribution is 6.35. The molecule has 1 atom stereocenters. The van der Waals surface area contributed by atoms with Gasteiger partial charge in [0.2, 0.25) is 5.91 Å². The Hall–Kier alpha value is -1.52. The van der Waals surface area contributed by atoms with Gasteiger partial charge in [0, 0.05) is 18.6 Å². The molecule has 1 amide bonds. The van der Waals surface area contributed by atoms with Gasteiger partial charge in [0.05, 0.1) is 16.6 Å². The fourth-order valence-corrected chi connectivity index (χ4v) is 2.09. The molecular formula is C12H14ClN3O. The van der Waals surface area contributed by atoms with Gasteiger partial charge in [-0.05, 0) is 18.1 Å². The van der Waals surface area contributed by atoms with Gasteiger partial charge in [-0.25, -0.2) is 0 Å². The van der Waals surface area contributed by atoms with Crippen LogP contribution in [0.2, 0.25) is 5.02 Å². The predicted molar refractivity (Wildman–Crippen MR) is 69.1 cm³/mol. The summed E-state index contributed by atoms with van der Waals surface area (Å²) in [5, 5.41) is 4.22. The molecule has 0 aliphatic heterocycles. The highest BCUT2D eigenvalue weighted by atomic mass is 35.5. The van der Waals surface area contributed by atoms with E-state index in [1.165, 1.54) is 0 Å². The van der Waals surface area contributed by atoms with E-state index >= 15 is 0 Å². The number of likely N-dealkylation sites (N-methyl/N-ethyl adjacent to an activating group) is 1. The van der Waals surface area contributed by atoms with Crippen LogP contribution in [-0.2, 0) is 11.2 Å². The van der Waals surface area contributed by atoms with Gasteiger partial charge < -0.3 is 16.0 Å². The molecule has 2 rings (SSSR count). The first-order chi connectivity index (χ1) is 8.13. The Morgan fingerprint density at radius 1 is 1.59 bits per heavy atom. The number of para-hydroxylation sites is 1. The Morgan fingerprint density at radius 3 is 3.06 bits per heavy atom. The maximum absolute atomic E-state index is 11.4. The van der Waals surface area contributed by atoms with E-state index in [9.17, 15) is 4.79 Å². The second kappa shape index (κ2) is 4.77. The van der Waals surface area contributed by atoms with Crippen molar-refractivity contribution in [3.63, 3.8) is 0 Å². The number of rotatable bonds is 3. The van der Waals surface area contributed by atoms with Crippen LogP contribution in [0.1, 0.15) is 5.56 Å². The summed E-state index contributed by atoms with van der Waals surface area (Å²) in [5.41, 5.74) is 7.67. The molecule has 0 saturated heterocycles. The smallest absolute Gasteiger partial charge is 0.237 e. The van der Waals surface area contributed by atoms with Crippen LogP contribution < -0.4 is 11.1 Å². The first-order valence-electron chi connectivity index (χ1n) is 5.35. The minimum Gasteiger partial charge on any atom is -0.360 e. The Balaban J connectivity index is 2.31. The minimum atomic E-state index is -0.544. The topological polar surface area (TPSA) is 70.9 Å². The molecule has 5 heteroatoms. The summed E-state index contributed by atoms with van der Waals surface area (Å²) in [6, 6.07) is 5.12. The molecule has 0 radical (unpaired) electrons. The van der Waals surface area contributed by atoms with Crippen LogP contribution in [-0.4, -0.2) is 24.0 Å². The van der Waals surface area contributed by atoms with Gasteiger partial charge in [0.15, 0.2) is 0 Å². The Labute approximate surface area is 104 Å². The number of carbonyl (C=O) groups excluding carboxylic acids is 1. The van der Waals surface area contributed by atoms with E-state index in [4.69, 9.17) is 17.3 Å². The first kappa shape index (κ1) is 12.0. The summed E-state index contributed by atoms with van der Waals surface area (Å²) in [6.45, 7) is 0. The second-order valence-electron chi connectivity index (χ2n) is 3.90. The standard InChI is InChI=1S/C12H14ClN3O/c1-15-12(17)10(14)5-7-6-16-11-8(7)3-2-4-9(11)13/h2-4,6,10,16H,5,14H2,1H3,(H,15,17). The Kier molecular flexibility index (Phi) is 3.36. The number of nitrogens with one attached hydrogen (secondary N) is 2. The molecule has 0 spiro atoms. The highest BCUT2D eigenvalue weighted by Gasteiger charge is 2.15. The number of halogens is 1. The van der Waals surface area contributed by atoms with Crippen molar-refractivity contribution in [2.45, 2.75) is 12.5 Å². The summed E-state index contributed by atoms with van der Waals surface area (Å²) in [7, 11) is 1.58. The van der Waals surface area contributed by atoms with Crippen LogP contribution in [0.4, 0.5) is 0 Å². The van der Waals surface area contributed by atoms with Crippen LogP contribution in [0.3, 0.4) is 0 Å². The average Bonchev–Trinajstić information content (AvgIpc) is 2.73. The molecule has 17 heavy (non-hydrogen) atoms. The normalized spacial score (nSPS) is 12.6. The van der Waals surface area contributed by atoms with Crippen molar-refractivity contribution in [2.24, 2.45) is 5.73 Å². The van der Waals surface area contributed by atoms with Gasteiger partial charge in [0.1, 0.15) is 0 Å². The fourth-order valence-electron chi connectivity index (χ4n) is 1.86. The lowest BCUT2D eigenvalue weighted by Gasteiger charge is -2.08. The number of fused-ring (bicyclic) bond motifs is 1. The molecule has 1 aromatic carbocycles. The quantitative estimate of drug-likeness (QED) is 0.773. The van der Waals surface area contributed by atoms with Crippen molar-refractivity contribution >= 4 is 28.4 Å². The molecule has 2 aromatic rings. The monoisotopic (exact) mass is 251 g/mol. The average molecular weight is 252 g/mol. The molecule has 4 N–H and O–H groups in total. The van der Waals surface area contributed by atoms with Gasteiger partial charge in [-0.1, -0.05) is 23.7 Å². The molecule has 1 heterocycles. The SMILES string of the molecule is CNC(=O)C(N)Cc1c[nH]c2c(Cl)cccc12. The maximum atomic E-state index is 11.4. The zero-order valence-corrected chi connectivity index (χ0v) is 10.2. The van der Waals surface area contributed by atoms with Crippen molar-refractivity contribution in [1.82, 2.24) is 10.3 Å². The Morgan fingerprint density at radius 2 is 2.35 bits per heavy atom. The third kappa shape index (κ3) is 2.28. The summed E-state index contributed by atoms with van der Waals surface area (Å²) in [5.74, 6) is -0.165. The lowest BCUT2D eigenvalue weighted by molar-refractivity contribution is -0.121. The number of hydrogen-bond donors (Lipinski definition) is 3. The molecule has 0 aliphatic rings. The number of carbonyl (C=O) groups is 1. The van der Waals surface area contributed by atoms with E-state index < -0.39 is 6.04 Å². The third-order valence-electron chi connectivity index (χ3n) is 2.77. The van der Waals surface area contributed by atoms with Gasteiger partial charge in [0.25, 0.3) is 0 Å². The summed E-state index contributed by atoms with van der Waals surface area (Å²) in [4.78, 5) is 14.5. The number of aromatic amines is 1. The molecule has 0 aliphatic carbocycles. The number of H-pyrrole nitrogens is 1. The molecule has 0 bridgehead atoms. The number of amides is 1. The molecule has 4 nitrogen and oxygen atoms in total. The van der Waals surface area contributed by atoms with E-state index in [-0.39, 0.29) is 5.91 Å². The van der Waals surface area contributed by atoms with Crippen LogP contribution in [0.25, 0.3) is 10.9 Å². The van der Waals surface area contributed by atoms with Crippen LogP contribution in [0, 0.1) is 0 Å². The summed E-state index contributed by atoms with van der Waals surface area (Å²) < 4.78 is 0. The van der Waals surface area contributed by atoms with E-state index in [1.54, 1.807) is 7.05 Å². The lowest BCUT2D eigenvalue weighted by atomic mass is 10.1. The molecule has 1 unspecified atom stereocenters. The third-order valence-corrected chi connectivity index (χ3v) is 3.09. The van der Waals surface area contributed by atoms with Crippen molar-refractivity contribution in [3.8, 4) is 0 Å². The predicted octanol–water partition coefficient (Wildman–Crippen LogP) is 1.44. The van der Waals surface area contributed by atoms with E-state index in [1.807, 2.05) is 24.4 Å². The fraction of sp³-hybridized carbons (Fsp3) is 0.250. The molecule has 0 fully saturated rings. The zero-order valence-electron chi connectivity index (χ0n) is 9.46. The summed E-state index contributed by atoms with van der Waals surface area (Å²) in [6.07, 6.45) is 2.33. The van der Waals surface area contributed by atoms with Crippen molar-refractivity contribution in [2.75, 3.05) is 7.05 Å². The van der Waals surface area contributed by atoms with Gasteiger partial charge in [-0.3, -0.25) is 4.79 Å². The molecule has 0 saturated carbocycles.